The standard InChI is InChI=1S/C21H22N4O2/c26-21(19-8-1-2-9-20(19)25-13-5-11-23-25)24-12-4-7-18(15-24)27-16-17-6-3-10-22-14-17/h1-3,5-6,8-11,13-14,18H,4,7,12,15-16H2/t18-/m1/s1. The van der Waals surface area contributed by atoms with Crippen molar-refractivity contribution < 1.29 is 9.53 Å². The highest BCUT2D eigenvalue weighted by Crippen LogP contribution is 2.20. The second-order valence-electron chi connectivity index (χ2n) is 6.66. The van der Waals surface area contributed by atoms with Crippen molar-refractivity contribution >= 4 is 5.91 Å². The maximum atomic E-state index is 13.2. The van der Waals surface area contributed by atoms with Crippen LogP contribution in [0.2, 0.25) is 0 Å². The number of amides is 1. The molecule has 1 fully saturated rings. The summed E-state index contributed by atoms with van der Waals surface area (Å²) in [6.45, 7) is 1.87. The number of hydrogen-bond donors (Lipinski definition) is 0. The third-order valence-electron chi connectivity index (χ3n) is 4.76. The second kappa shape index (κ2) is 8.14. The van der Waals surface area contributed by atoms with Gasteiger partial charge in [-0.25, -0.2) is 4.68 Å². The molecule has 0 spiro atoms. The maximum absolute atomic E-state index is 13.2. The van der Waals surface area contributed by atoms with E-state index in [2.05, 4.69) is 10.1 Å². The van der Waals surface area contributed by atoms with Crippen molar-refractivity contribution in [3.8, 4) is 5.69 Å². The predicted molar refractivity (Wildman–Crippen MR) is 102 cm³/mol. The van der Waals surface area contributed by atoms with Gasteiger partial charge in [-0.05, 0) is 42.7 Å². The molecule has 1 aliphatic heterocycles. The second-order valence-corrected chi connectivity index (χ2v) is 6.66. The lowest BCUT2D eigenvalue weighted by atomic mass is 10.1. The minimum atomic E-state index is 0.0239. The van der Waals surface area contributed by atoms with Gasteiger partial charge in [0.2, 0.25) is 0 Å². The smallest absolute Gasteiger partial charge is 0.256 e. The fraction of sp³-hybridized carbons (Fsp3) is 0.286. The number of benzene rings is 1. The molecule has 3 aromatic rings. The average molecular weight is 362 g/mol. The molecule has 0 aliphatic carbocycles. The number of hydrogen-bond acceptors (Lipinski definition) is 4. The van der Waals surface area contributed by atoms with E-state index in [0.29, 0.717) is 18.7 Å². The summed E-state index contributed by atoms with van der Waals surface area (Å²) in [5.74, 6) is 0.0239. The van der Waals surface area contributed by atoms with Crippen LogP contribution in [0, 0.1) is 0 Å². The van der Waals surface area contributed by atoms with Crippen LogP contribution in [-0.2, 0) is 11.3 Å². The molecule has 6 nitrogen and oxygen atoms in total. The minimum absolute atomic E-state index is 0.0239. The molecule has 1 aromatic carbocycles. The Hall–Kier alpha value is -2.99. The van der Waals surface area contributed by atoms with Crippen molar-refractivity contribution in [2.75, 3.05) is 13.1 Å². The number of rotatable bonds is 5. The predicted octanol–water partition coefficient (Wildman–Crippen LogP) is 3.09. The van der Waals surface area contributed by atoms with E-state index < -0.39 is 0 Å². The van der Waals surface area contributed by atoms with Crippen LogP contribution in [0.4, 0.5) is 0 Å². The summed E-state index contributed by atoms with van der Waals surface area (Å²) in [6, 6.07) is 13.3. The molecule has 6 heteroatoms. The van der Waals surface area contributed by atoms with Crippen molar-refractivity contribution in [3.63, 3.8) is 0 Å². The number of ether oxygens (including phenoxy) is 1. The van der Waals surface area contributed by atoms with Crippen LogP contribution in [0.3, 0.4) is 0 Å². The van der Waals surface area contributed by atoms with Crippen molar-refractivity contribution in [1.82, 2.24) is 19.7 Å². The number of para-hydroxylation sites is 1. The molecule has 3 heterocycles. The molecule has 1 amide bonds. The summed E-state index contributed by atoms with van der Waals surface area (Å²) in [6.07, 6.45) is 9.07. The highest BCUT2D eigenvalue weighted by molar-refractivity contribution is 5.97. The molecular formula is C21H22N4O2. The normalized spacial score (nSPS) is 17.0. The Bertz CT molecular complexity index is 880. The number of nitrogens with zero attached hydrogens (tertiary/aromatic N) is 4. The molecule has 4 rings (SSSR count). The van der Waals surface area contributed by atoms with E-state index in [0.717, 1.165) is 30.6 Å². The summed E-state index contributed by atoms with van der Waals surface area (Å²) >= 11 is 0. The van der Waals surface area contributed by atoms with Gasteiger partial charge in [0.05, 0.1) is 24.0 Å². The number of carbonyl (C=O) groups excluding carboxylic acids is 1. The number of carbonyl (C=O) groups is 1. The number of piperidine rings is 1. The molecule has 0 radical (unpaired) electrons. The van der Waals surface area contributed by atoms with E-state index in [4.69, 9.17) is 4.74 Å². The summed E-state index contributed by atoms with van der Waals surface area (Å²) in [4.78, 5) is 19.2. The SMILES string of the molecule is O=C(c1ccccc1-n1cccn1)N1CCC[C@@H](OCc2cccnc2)C1. The third-order valence-corrected chi connectivity index (χ3v) is 4.76. The summed E-state index contributed by atoms with van der Waals surface area (Å²) in [7, 11) is 0. The Labute approximate surface area is 158 Å². The average Bonchev–Trinajstić information content (AvgIpc) is 3.27. The first kappa shape index (κ1) is 17.4. The highest BCUT2D eigenvalue weighted by Gasteiger charge is 2.26. The van der Waals surface area contributed by atoms with Gasteiger partial charge in [0.25, 0.3) is 5.91 Å². The molecule has 2 aromatic heterocycles. The lowest BCUT2D eigenvalue weighted by molar-refractivity contribution is -0.00681. The zero-order chi connectivity index (χ0) is 18.5. The first-order chi connectivity index (χ1) is 13.3. The van der Waals surface area contributed by atoms with Gasteiger partial charge >= 0.3 is 0 Å². The highest BCUT2D eigenvalue weighted by atomic mass is 16.5. The van der Waals surface area contributed by atoms with Crippen LogP contribution in [0.25, 0.3) is 5.69 Å². The molecular weight excluding hydrogens is 340 g/mol. The number of pyridine rings is 1. The van der Waals surface area contributed by atoms with Crippen LogP contribution < -0.4 is 0 Å². The van der Waals surface area contributed by atoms with Crippen molar-refractivity contribution in [1.29, 1.82) is 0 Å². The Morgan fingerprint density at radius 2 is 2.07 bits per heavy atom. The summed E-state index contributed by atoms with van der Waals surface area (Å²) in [5, 5.41) is 4.27. The molecule has 0 N–H and O–H groups in total. The zero-order valence-electron chi connectivity index (χ0n) is 15.1. The van der Waals surface area contributed by atoms with Gasteiger partial charge in [-0.2, -0.15) is 5.10 Å². The fourth-order valence-corrected chi connectivity index (χ4v) is 3.39. The van der Waals surface area contributed by atoms with E-state index in [1.54, 1.807) is 17.1 Å². The molecule has 27 heavy (non-hydrogen) atoms. The van der Waals surface area contributed by atoms with E-state index in [9.17, 15) is 4.79 Å². The van der Waals surface area contributed by atoms with Crippen LogP contribution in [0.15, 0.2) is 67.3 Å². The lowest BCUT2D eigenvalue weighted by Crippen LogP contribution is -2.43. The molecule has 1 atom stereocenters. The van der Waals surface area contributed by atoms with Gasteiger partial charge < -0.3 is 9.64 Å². The first-order valence-corrected chi connectivity index (χ1v) is 9.20. The van der Waals surface area contributed by atoms with Gasteiger partial charge in [0, 0.05) is 37.9 Å². The van der Waals surface area contributed by atoms with Crippen molar-refractivity contribution in [2.45, 2.75) is 25.6 Å². The summed E-state index contributed by atoms with van der Waals surface area (Å²) < 4.78 is 7.77. The quantitative estimate of drug-likeness (QED) is 0.700. The molecule has 1 saturated heterocycles. The Morgan fingerprint density at radius 1 is 1.15 bits per heavy atom. The Kier molecular flexibility index (Phi) is 5.25. The summed E-state index contributed by atoms with van der Waals surface area (Å²) in [5.41, 5.74) is 2.50. The fourth-order valence-electron chi connectivity index (χ4n) is 3.39. The van der Waals surface area contributed by atoms with Gasteiger partial charge in [0.15, 0.2) is 0 Å². The van der Waals surface area contributed by atoms with E-state index in [-0.39, 0.29) is 12.0 Å². The lowest BCUT2D eigenvalue weighted by Gasteiger charge is -2.33. The van der Waals surface area contributed by atoms with Gasteiger partial charge in [-0.3, -0.25) is 9.78 Å². The Balaban J connectivity index is 1.45. The number of likely N-dealkylation sites (tertiary alicyclic amines) is 1. The maximum Gasteiger partial charge on any atom is 0.256 e. The molecule has 0 bridgehead atoms. The molecule has 1 aliphatic rings. The zero-order valence-corrected chi connectivity index (χ0v) is 15.1. The van der Waals surface area contributed by atoms with Crippen molar-refractivity contribution in [2.24, 2.45) is 0 Å². The molecule has 0 unspecified atom stereocenters. The van der Waals surface area contributed by atoms with Crippen LogP contribution in [0.1, 0.15) is 28.8 Å². The van der Waals surface area contributed by atoms with E-state index in [1.165, 1.54) is 0 Å². The largest absolute Gasteiger partial charge is 0.372 e. The topological polar surface area (TPSA) is 60.2 Å². The minimum Gasteiger partial charge on any atom is -0.372 e. The monoisotopic (exact) mass is 362 g/mol. The first-order valence-electron chi connectivity index (χ1n) is 9.20. The van der Waals surface area contributed by atoms with Crippen LogP contribution in [0.5, 0.6) is 0 Å². The Morgan fingerprint density at radius 3 is 2.89 bits per heavy atom. The van der Waals surface area contributed by atoms with E-state index >= 15 is 0 Å². The van der Waals surface area contributed by atoms with E-state index in [1.807, 2.05) is 59.8 Å². The molecule has 138 valence electrons. The van der Waals surface area contributed by atoms with Crippen molar-refractivity contribution in [3.05, 3.63) is 78.4 Å². The van der Waals surface area contributed by atoms with Crippen LogP contribution >= 0.6 is 0 Å². The van der Waals surface area contributed by atoms with Gasteiger partial charge in [-0.15, -0.1) is 0 Å². The molecule has 0 saturated carbocycles. The van der Waals surface area contributed by atoms with Gasteiger partial charge in [-0.1, -0.05) is 18.2 Å². The third kappa shape index (κ3) is 4.06. The van der Waals surface area contributed by atoms with Crippen LogP contribution in [-0.4, -0.2) is 44.8 Å². The van der Waals surface area contributed by atoms with Gasteiger partial charge in [0.1, 0.15) is 0 Å². The number of aromatic nitrogens is 3.